The summed E-state index contributed by atoms with van der Waals surface area (Å²) >= 11 is 3.41. The molecule has 1 amide bonds. The minimum Gasteiger partial charge on any atom is -0.496 e. The number of hydrogen-bond donors (Lipinski definition) is 1. The molecule has 0 aliphatic carbocycles. The van der Waals surface area contributed by atoms with Crippen molar-refractivity contribution in [2.24, 2.45) is 0 Å². The number of amides is 1. The van der Waals surface area contributed by atoms with Crippen LogP contribution in [0.4, 0.5) is 11.4 Å². The van der Waals surface area contributed by atoms with Gasteiger partial charge in [-0.25, -0.2) is 0 Å². The molecular weight excluding hydrogens is 588 g/mol. The molecule has 4 aromatic rings. The molecule has 0 aliphatic rings. The molecule has 4 aromatic carbocycles. The Bertz CT molecular complexity index is 1620. The van der Waals surface area contributed by atoms with Crippen LogP contribution in [-0.4, -0.2) is 17.9 Å². The number of rotatable bonds is 10. The van der Waals surface area contributed by atoms with Gasteiger partial charge in [0.25, 0.3) is 5.69 Å². The Kier molecular flexibility index (Phi) is 9.41. The van der Waals surface area contributed by atoms with Gasteiger partial charge in [-0.05, 0) is 91.6 Å². The monoisotopic (exact) mass is 616 g/mol. The predicted molar refractivity (Wildman–Crippen MR) is 163 cm³/mol. The van der Waals surface area contributed by atoms with E-state index >= 15 is 0 Å². The number of methoxy groups -OCH3 is 1. The Labute approximate surface area is 246 Å². The molecule has 210 valence electrons. The van der Waals surface area contributed by atoms with E-state index in [0.29, 0.717) is 17.2 Å². The van der Waals surface area contributed by atoms with Gasteiger partial charge in [-0.15, -0.1) is 0 Å². The van der Waals surface area contributed by atoms with Crippen molar-refractivity contribution in [3.8, 4) is 23.0 Å². The molecule has 0 spiro atoms. The third-order valence-corrected chi connectivity index (χ3v) is 6.83. The van der Waals surface area contributed by atoms with Crippen molar-refractivity contribution in [2.45, 2.75) is 27.4 Å². The molecule has 0 unspecified atom stereocenters. The van der Waals surface area contributed by atoms with Crippen molar-refractivity contribution >= 4 is 39.3 Å². The number of benzene rings is 4. The topological polar surface area (TPSA) is 99.9 Å². The van der Waals surface area contributed by atoms with Gasteiger partial charge < -0.3 is 19.5 Å². The van der Waals surface area contributed by atoms with Crippen molar-refractivity contribution in [3.05, 3.63) is 121 Å². The average molecular weight is 617 g/mol. The summed E-state index contributed by atoms with van der Waals surface area (Å²) in [6, 6.07) is 21.1. The number of halogens is 1. The second kappa shape index (κ2) is 13.1. The first-order chi connectivity index (χ1) is 19.6. The van der Waals surface area contributed by atoms with Crippen LogP contribution in [0.3, 0.4) is 0 Å². The van der Waals surface area contributed by atoms with Crippen molar-refractivity contribution in [1.29, 1.82) is 0 Å². The molecule has 41 heavy (non-hydrogen) atoms. The molecule has 0 saturated heterocycles. The number of carbonyl (C=O) groups is 1. The van der Waals surface area contributed by atoms with Crippen LogP contribution in [0, 0.1) is 30.9 Å². The van der Waals surface area contributed by atoms with E-state index < -0.39 is 10.8 Å². The quantitative estimate of drug-likeness (QED) is 0.109. The number of non-ortho nitro benzene ring substituents is 1. The SMILES string of the molecule is COc1ccc(/C=C\C(=O)Nc2cc(Oc3cc(C)cc(C)c3C)cc([N+](=O)[O-])c2)cc1COc1ccc(Br)cc1. The van der Waals surface area contributed by atoms with Gasteiger partial charge >= 0.3 is 0 Å². The fourth-order valence-corrected chi connectivity index (χ4v) is 4.38. The average Bonchev–Trinajstić information content (AvgIpc) is 2.94. The van der Waals surface area contributed by atoms with Gasteiger partial charge in [0, 0.05) is 28.2 Å². The minimum absolute atomic E-state index is 0.200. The lowest BCUT2D eigenvalue weighted by atomic mass is 10.1. The van der Waals surface area contributed by atoms with Gasteiger partial charge in [0.15, 0.2) is 0 Å². The maximum absolute atomic E-state index is 12.8. The highest BCUT2D eigenvalue weighted by Gasteiger charge is 2.14. The van der Waals surface area contributed by atoms with Gasteiger partial charge in [0.05, 0.1) is 23.8 Å². The summed E-state index contributed by atoms with van der Waals surface area (Å²) < 4.78 is 18.3. The summed E-state index contributed by atoms with van der Waals surface area (Å²) in [7, 11) is 1.58. The first kappa shape index (κ1) is 29.4. The molecule has 8 nitrogen and oxygen atoms in total. The fourth-order valence-electron chi connectivity index (χ4n) is 4.12. The summed E-state index contributed by atoms with van der Waals surface area (Å²) in [4.78, 5) is 23.8. The Morgan fingerprint density at radius 3 is 2.41 bits per heavy atom. The van der Waals surface area contributed by atoms with Crippen LogP contribution in [0.15, 0.2) is 83.3 Å². The largest absolute Gasteiger partial charge is 0.496 e. The van der Waals surface area contributed by atoms with Gasteiger partial charge in [0.1, 0.15) is 29.6 Å². The van der Waals surface area contributed by atoms with E-state index in [4.69, 9.17) is 14.2 Å². The van der Waals surface area contributed by atoms with Gasteiger partial charge in [0.2, 0.25) is 5.91 Å². The molecule has 0 aliphatic heterocycles. The lowest BCUT2D eigenvalue weighted by Gasteiger charge is -2.13. The Morgan fingerprint density at radius 2 is 1.71 bits per heavy atom. The summed E-state index contributed by atoms with van der Waals surface area (Å²) in [5.74, 6) is 1.76. The molecule has 0 atom stereocenters. The molecule has 0 saturated carbocycles. The molecule has 0 bridgehead atoms. The molecule has 9 heteroatoms. The van der Waals surface area contributed by atoms with E-state index in [-0.39, 0.29) is 23.7 Å². The number of carbonyl (C=O) groups excluding carboxylic acids is 1. The Hall–Kier alpha value is -4.63. The number of aryl methyl sites for hydroxylation is 2. The third kappa shape index (κ3) is 7.95. The van der Waals surface area contributed by atoms with Crippen molar-refractivity contribution in [2.75, 3.05) is 12.4 Å². The van der Waals surface area contributed by atoms with Crippen LogP contribution in [-0.2, 0) is 11.4 Å². The highest BCUT2D eigenvalue weighted by Crippen LogP contribution is 2.33. The van der Waals surface area contributed by atoms with Gasteiger partial charge in [-0.2, -0.15) is 0 Å². The normalized spacial score (nSPS) is 10.9. The first-order valence-electron chi connectivity index (χ1n) is 12.7. The maximum Gasteiger partial charge on any atom is 0.275 e. The molecule has 0 aromatic heterocycles. The highest BCUT2D eigenvalue weighted by molar-refractivity contribution is 9.10. The lowest BCUT2D eigenvalue weighted by molar-refractivity contribution is -0.384. The van der Waals surface area contributed by atoms with E-state index in [0.717, 1.165) is 32.3 Å². The van der Waals surface area contributed by atoms with E-state index in [9.17, 15) is 14.9 Å². The molecule has 4 rings (SSSR count). The van der Waals surface area contributed by atoms with Crippen LogP contribution in [0.25, 0.3) is 6.08 Å². The van der Waals surface area contributed by atoms with Crippen LogP contribution in [0.2, 0.25) is 0 Å². The maximum atomic E-state index is 12.8. The molecule has 0 fully saturated rings. The van der Waals surface area contributed by atoms with Crippen LogP contribution in [0.5, 0.6) is 23.0 Å². The highest BCUT2D eigenvalue weighted by atomic mass is 79.9. The lowest BCUT2D eigenvalue weighted by Crippen LogP contribution is -2.08. The fraction of sp³-hybridized carbons (Fsp3) is 0.156. The zero-order valence-corrected chi connectivity index (χ0v) is 24.7. The number of hydrogen-bond acceptors (Lipinski definition) is 6. The number of nitrogens with one attached hydrogen (secondary N) is 1. The van der Waals surface area contributed by atoms with Gasteiger partial charge in [-0.3, -0.25) is 14.9 Å². The van der Waals surface area contributed by atoms with Crippen molar-refractivity contribution in [3.63, 3.8) is 0 Å². The number of nitro groups is 1. The van der Waals surface area contributed by atoms with Gasteiger partial charge in [-0.1, -0.05) is 28.1 Å². The molecular formula is C32H29BrN2O6. The number of nitrogens with zero attached hydrogens (tertiary/aromatic N) is 1. The third-order valence-electron chi connectivity index (χ3n) is 6.30. The Morgan fingerprint density at radius 1 is 0.951 bits per heavy atom. The van der Waals surface area contributed by atoms with E-state index in [2.05, 4.69) is 21.2 Å². The van der Waals surface area contributed by atoms with E-state index in [1.54, 1.807) is 25.3 Å². The zero-order valence-electron chi connectivity index (χ0n) is 23.1. The molecule has 0 heterocycles. The van der Waals surface area contributed by atoms with Crippen molar-refractivity contribution in [1.82, 2.24) is 0 Å². The number of anilines is 1. The summed E-state index contributed by atoms with van der Waals surface area (Å²) in [5, 5.41) is 14.3. The van der Waals surface area contributed by atoms with Crippen LogP contribution < -0.4 is 19.5 Å². The standard InChI is InChI=1S/C32H29BrN2O6/c1-20-13-21(2)22(3)31(14-20)41-29-17-26(16-27(18-29)35(37)38)34-32(36)12-6-23-5-11-30(39-4)24(15-23)19-40-28-9-7-25(33)8-10-28/h5-18H,19H2,1-4H3,(H,34,36)/b12-6-. The second-order valence-corrected chi connectivity index (χ2v) is 10.3. The summed E-state index contributed by atoms with van der Waals surface area (Å²) in [6.07, 6.45) is 3.00. The minimum atomic E-state index is -0.526. The van der Waals surface area contributed by atoms with Crippen molar-refractivity contribution < 1.29 is 23.9 Å². The number of ether oxygens (including phenoxy) is 3. The summed E-state index contributed by atoms with van der Waals surface area (Å²) in [6.45, 7) is 6.12. The zero-order chi connectivity index (χ0) is 29.5. The predicted octanol–water partition coefficient (Wildman–Crippen LogP) is 8.31. The second-order valence-electron chi connectivity index (χ2n) is 9.42. The molecule has 1 N–H and O–H groups in total. The van der Waals surface area contributed by atoms with E-state index in [1.807, 2.05) is 69.3 Å². The first-order valence-corrected chi connectivity index (χ1v) is 13.5. The molecule has 0 radical (unpaired) electrons. The van der Waals surface area contributed by atoms with Crippen LogP contribution in [0.1, 0.15) is 27.8 Å². The van der Waals surface area contributed by atoms with Crippen LogP contribution >= 0.6 is 15.9 Å². The number of nitro benzene ring substituents is 1. The van der Waals surface area contributed by atoms with E-state index in [1.165, 1.54) is 18.2 Å². The smallest absolute Gasteiger partial charge is 0.275 e. The Balaban J connectivity index is 1.49. The summed E-state index contributed by atoms with van der Waals surface area (Å²) in [5.41, 5.74) is 4.58.